The molecule has 0 spiro atoms. The summed E-state index contributed by atoms with van der Waals surface area (Å²) in [6.45, 7) is 2.17. The molecule has 0 heterocycles. The van der Waals surface area contributed by atoms with Crippen LogP contribution >= 0.6 is 11.8 Å². The number of carbonyl (C=O) groups excluding carboxylic acids is 1. The first-order valence-corrected chi connectivity index (χ1v) is 7.82. The molecule has 1 aliphatic rings. The standard InChI is InChI=1S/C15H21NO2S/c1-2-18-15(17)12-9-6-10-13(14(12)16)19-11-7-4-3-5-8-11/h6,9-11H,2-5,7-8,16H2,1H3. The number of nitrogen functional groups attached to an aromatic ring is 1. The Labute approximate surface area is 118 Å². The van der Waals surface area contributed by atoms with Gasteiger partial charge in [0.1, 0.15) is 0 Å². The highest BCUT2D eigenvalue weighted by Crippen LogP contribution is 2.37. The van der Waals surface area contributed by atoms with E-state index < -0.39 is 0 Å². The van der Waals surface area contributed by atoms with Crippen LogP contribution in [-0.2, 0) is 4.74 Å². The number of thioether (sulfide) groups is 1. The smallest absolute Gasteiger partial charge is 0.340 e. The molecule has 0 atom stereocenters. The van der Waals surface area contributed by atoms with Crippen molar-refractivity contribution in [2.45, 2.75) is 49.2 Å². The largest absolute Gasteiger partial charge is 0.462 e. The number of ether oxygens (including phenoxy) is 1. The van der Waals surface area contributed by atoms with Crippen LogP contribution < -0.4 is 5.73 Å². The summed E-state index contributed by atoms with van der Waals surface area (Å²) in [4.78, 5) is 12.8. The maximum Gasteiger partial charge on any atom is 0.340 e. The molecule has 0 radical (unpaired) electrons. The number of carbonyl (C=O) groups is 1. The van der Waals surface area contributed by atoms with E-state index in [4.69, 9.17) is 10.5 Å². The SMILES string of the molecule is CCOC(=O)c1cccc(SC2CCCCC2)c1N. The van der Waals surface area contributed by atoms with Crippen LogP contribution in [0.1, 0.15) is 49.4 Å². The number of hydrogen-bond acceptors (Lipinski definition) is 4. The van der Waals surface area contributed by atoms with Gasteiger partial charge in [-0.3, -0.25) is 0 Å². The fourth-order valence-corrected chi connectivity index (χ4v) is 3.72. The van der Waals surface area contributed by atoms with E-state index in [0.717, 1.165) is 4.90 Å². The van der Waals surface area contributed by atoms with E-state index in [0.29, 0.717) is 23.1 Å². The molecule has 0 amide bonds. The van der Waals surface area contributed by atoms with Crippen molar-refractivity contribution in [3.63, 3.8) is 0 Å². The summed E-state index contributed by atoms with van der Waals surface area (Å²) < 4.78 is 5.03. The quantitative estimate of drug-likeness (QED) is 0.671. The Morgan fingerprint density at radius 3 is 2.79 bits per heavy atom. The van der Waals surface area contributed by atoms with E-state index in [2.05, 4.69) is 0 Å². The fraction of sp³-hybridized carbons (Fsp3) is 0.533. The first-order chi connectivity index (χ1) is 9.22. The van der Waals surface area contributed by atoms with Gasteiger partial charge in [-0.05, 0) is 31.9 Å². The van der Waals surface area contributed by atoms with Gasteiger partial charge in [-0.25, -0.2) is 4.79 Å². The number of benzene rings is 1. The van der Waals surface area contributed by atoms with Crippen molar-refractivity contribution in [2.75, 3.05) is 12.3 Å². The molecule has 1 aromatic carbocycles. The Kier molecular flexibility index (Phi) is 5.14. The zero-order valence-electron chi connectivity index (χ0n) is 11.4. The molecule has 1 saturated carbocycles. The molecule has 3 nitrogen and oxygen atoms in total. The van der Waals surface area contributed by atoms with E-state index in [1.54, 1.807) is 13.0 Å². The molecule has 0 saturated heterocycles. The van der Waals surface area contributed by atoms with Crippen LogP contribution in [0.2, 0.25) is 0 Å². The Morgan fingerprint density at radius 1 is 1.37 bits per heavy atom. The van der Waals surface area contributed by atoms with Gasteiger partial charge in [-0.1, -0.05) is 25.3 Å². The first kappa shape index (κ1) is 14.3. The van der Waals surface area contributed by atoms with Gasteiger partial charge in [0.15, 0.2) is 0 Å². The van der Waals surface area contributed by atoms with Gasteiger partial charge in [-0.2, -0.15) is 0 Å². The van der Waals surface area contributed by atoms with Gasteiger partial charge in [0.2, 0.25) is 0 Å². The second-order valence-corrected chi connectivity index (χ2v) is 6.16. The van der Waals surface area contributed by atoms with Crippen molar-refractivity contribution in [1.29, 1.82) is 0 Å². The van der Waals surface area contributed by atoms with Crippen molar-refractivity contribution in [1.82, 2.24) is 0 Å². The summed E-state index contributed by atoms with van der Waals surface area (Å²) in [6, 6.07) is 5.61. The Morgan fingerprint density at radius 2 is 2.11 bits per heavy atom. The van der Waals surface area contributed by atoms with Crippen LogP contribution in [0, 0.1) is 0 Å². The van der Waals surface area contributed by atoms with Crippen LogP contribution in [-0.4, -0.2) is 17.8 Å². The zero-order chi connectivity index (χ0) is 13.7. The normalized spacial score (nSPS) is 16.3. The van der Waals surface area contributed by atoms with Crippen molar-refractivity contribution in [2.24, 2.45) is 0 Å². The highest BCUT2D eigenvalue weighted by atomic mass is 32.2. The van der Waals surface area contributed by atoms with Gasteiger partial charge in [-0.15, -0.1) is 11.8 Å². The Bertz CT molecular complexity index is 442. The molecular formula is C15H21NO2S. The van der Waals surface area contributed by atoms with Crippen LogP contribution in [0.4, 0.5) is 5.69 Å². The van der Waals surface area contributed by atoms with E-state index >= 15 is 0 Å². The number of anilines is 1. The topological polar surface area (TPSA) is 52.3 Å². The number of hydrogen-bond donors (Lipinski definition) is 1. The molecule has 1 fully saturated rings. The fourth-order valence-electron chi connectivity index (χ4n) is 2.40. The zero-order valence-corrected chi connectivity index (χ0v) is 12.2. The monoisotopic (exact) mass is 279 g/mol. The number of esters is 1. The van der Waals surface area contributed by atoms with Gasteiger partial charge >= 0.3 is 5.97 Å². The minimum absolute atomic E-state index is 0.328. The lowest BCUT2D eigenvalue weighted by Crippen LogP contribution is -2.11. The molecule has 0 aromatic heterocycles. The molecule has 19 heavy (non-hydrogen) atoms. The van der Waals surface area contributed by atoms with Crippen LogP contribution in [0.5, 0.6) is 0 Å². The van der Waals surface area contributed by atoms with Gasteiger partial charge in [0, 0.05) is 10.1 Å². The van der Waals surface area contributed by atoms with E-state index in [1.165, 1.54) is 32.1 Å². The maximum atomic E-state index is 11.8. The van der Waals surface area contributed by atoms with E-state index in [-0.39, 0.29) is 5.97 Å². The highest BCUT2D eigenvalue weighted by molar-refractivity contribution is 8.00. The molecule has 0 aliphatic heterocycles. The van der Waals surface area contributed by atoms with Crippen molar-refractivity contribution in [3.8, 4) is 0 Å². The molecule has 104 valence electrons. The van der Waals surface area contributed by atoms with Gasteiger partial charge in [0.25, 0.3) is 0 Å². The van der Waals surface area contributed by atoms with Crippen LogP contribution in [0.25, 0.3) is 0 Å². The van der Waals surface area contributed by atoms with Crippen LogP contribution in [0.15, 0.2) is 23.1 Å². The second kappa shape index (κ2) is 6.85. The predicted molar refractivity (Wildman–Crippen MR) is 79.5 cm³/mol. The Balaban J connectivity index is 2.12. The lowest BCUT2D eigenvalue weighted by Gasteiger charge is -2.22. The minimum atomic E-state index is -0.328. The van der Waals surface area contributed by atoms with Crippen LogP contribution in [0.3, 0.4) is 0 Å². The first-order valence-electron chi connectivity index (χ1n) is 6.94. The average molecular weight is 279 g/mol. The molecule has 1 aliphatic carbocycles. The highest BCUT2D eigenvalue weighted by Gasteiger charge is 2.18. The molecule has 1 aromatic rings. The third-order valence-electron chi connectivity index (χ3n) is 3.41. The molecule has 2 rings (SSSR count). The molecule has 0 unspecified atom stereocenters. The summed E-state index contributed by atoms with van der Waals surface area (Å²) in [7, 11) is 0. The number of nitrogens with two attached hydrogens (primary N) is 1. The van der Waals surface area contributed by atoms with Crippen molar-refractivity contribution in [3.05, 3.63) is 23.8 Å². The molecule has 2 N–H and O–H groups in total. The average Bonchev–Trinajstić information content (AvgIpc) is 2.42. The van der Waals surface area contributed by atoms with Crippen molar-refractivity contribution < 1.29 is 9.53 Å². The van der Waals surface area contributed by atoms with E-state index in [9.17, 15) is 4.79 Å². The number of rotatable bonds is 4. The minimum Gasteiger partial charge on any atom is -0.462 e. The summed E-state index contributed by atoms with van der Waals surface area (Å²) in [6.07, 6.45) is 6.43. The van der Waals surface area contributed by atoms with E-state index in [1.807, 2.05) is 23.9 Å². The summed E-state index contributed by atoms with van der Waals surface area (Å²) in [5.74, 6) is -0.328. The molecule has 0 bridgehead atoms. The van der Waals surface area contributed by atoms with Gasteiger partial charge in [0.05, 0.1) is 17.9 Å². The second-order valence-electron chi connectivity index (χ2n) is 4.82. The third kappa shape index (κ3) is 3.66. The summed E-state index contributed by atoms with van der Waals surface area (Å²) in [5.41, 5.74) is 7.16. The predicted octanol–water partition coefficient (Wildman–Crippen LogP) is 3.87. The lowest BCUT2D eigenvalue weighted by atomic mass is 10.0. The third-order valence-corrected chi connectivity index (χ3v) is 4.82. The van der Waals surface area contributed by atoms with Crippen molar-refractivity contribution >= 4 is 23.4 Å². The number of para-hydroxylation sites is 1. The van der Waals surface area contributed by atoms with Gasteiger partial charge < -0.3 is 10.5 Å². The molecular weight excluding hydrogens is 258 g/mol. The lowest BCUT2D eigenvalue weighted by molar-refractivity contribution is 0.0527. The Hall–Kier alpha value is -1.16. The summed E-state index contributed by atoms with van der Waals surface area (Å²) >= 11 is 1.81. The summed E-state index contributed by atoms with van der Waals surface area (Å²) in [5, 5.41) is 0.633. The maximum absolute atomic E-state index is 11.8. The molecule has 4 heteroatoms.